The van der Waals surface area contributed by atoms with Crippen molar-refractivity contribution in [3.8, 4) is 0 Å². The summed E-state index contributed by atoms with van der Waals surface area (Å²) in [5.74, 6) is 0.615. The van der Waals surface area contributed by atoms with Gasteiger partial charge in [0.25, 0.3) is 0 Å². The summed E-state index contributed by atoms with van der Waals surface area (Å²) in [6, 6.07) is 1.86. The van der Waals surface area contributed by atoms with Crippen LogP contribution in [0.15, 0.2) is 16.3 Å². The minimum atomic E-state index is -3.35. The third-order valence-electron chi connectivity index (χ3n) is 3.55. The summed E-state index contributed by atoms with van der Waals surface area (Å²) in [4.78, 5) is 1.45. The summed E-state index contributed by atoms with van der Waals surface area (Å²) in [6.07, 6.45) is 4.23. The Morgan fingerprint density at radius 1 is 1.42 bits per heavy atom. The molecule has 1 aromatic heterocycles. The van der Waals surface area contributed by atoms with Gasteiger partial charge in [-0.25, -0.2) is 13.1 Å². The van der Waals surface area contributed by atoms with Gasteiger partial charge >= 0.3 is 0 Å². The molecule has 2 unspecified atom stereocenters. The van der Waals surface area contributed by atoms with E-state index in [0.717, 1.165) is 24.1 Å². The van der Waals surface area contributed by atoms with Gasteiger partial charge in [0.1, 0.15) is 0 Å². The normalized spacial score (nSPS) is 24.5. The molecule has 0 aliphatic heterocycles. The van der Waals surface area contributed by atoms with Crippen molar-refractivity contribution >= 4 is 21.4 Å². The summed E-state index contributed by atoms with van der Waals surface area (Å²) in [5.41, 5.74) is 0. The van der Waals surface area contributed by atoms with E-state index >= 15 is 0 Å². The third-order valence-corrected chi connectivity index (χ3v) is 6.14. The lowest BCUT2D eigenvalue weighted by molar-refractivity contribution is 0.327. The molecule has 108 valence electrons. The average Bonchev–Trinajstić information content (AvgIpc) is 2.78. The zero-order chi connectivity index (χ0) is 13.9. The number of rotatable bonds is 5. The van der Waals surface area contributed by atoms with Gasteiger partial charge in [-0.05, 0) is 31.9 Å². The molecule has 19 heavy (non-hydrogen) atoms. The van der Waals surface area contributed by atoms with E-state index in [9.17, 15) is 8.42 Å². The summed E-state index contributed by atoms with van der Waals surface area (Å²) in [5, 5.41) is 4.75. The maximum Gasteiger partial charge on any atom is 0.241 e. The average molecular weight is 302 g/mol. The summed E-state index contributed by atoms with van der Waals surface area (Å²) >= 11 is 1.48. The standard InChI is InChI=1S/C13H22N2O2S2/c1-10-4-3-5-11(6-10)15-19(16,17)13-7-12(8-14-2)18-9-13/h7,9-11,14-15H,3-6,8H2,1-2H3. The Morgan fingerprint density at radius 2 is 2.21 bits per heavy atom. The van der Waals surface area contributed by atoms with Crippen LogP contribution < -0.4 is 10.0 Å². The van der Waals surface area contributed by atoms with E-state index in [0.29, 0.717) is 17.4 Å². The van der Waals surface area contributed by atoms with Crippen LogP contribution in [0.2, 0.25) is 0 Å². The third kappa shape index (κ3) is 4.02. The van der Waals surface area contributed by atoms with E-state index < -0.39 is 10.0 Å². The van der Waals surface area contributed by atoms with Crippen LogP contribution in [-0.2, 0) is 16.6 Å². The van der Waals surface area contributed by atoms with Crippen LogP contribution in [0.1, 0.15) is 37.5 Å². The molecule has 2 atom stereocenters. The Balaban J connectivity index is 2.04. The van der Waals surface area contributed by atoms with Crippen molar-refractivity contribution in [1.29, 1.82) is 0 Å². The molecule has 1 saturated carbocycles. The van der Waals surface area contributed by atoms with E-state index in [-0.39, 0.29) is 6.04 Å². The SMILES string of the molecule is CNCc1cc(S(=O)(=O)NC2CCCC(C)C2)cs1. The van der Waals surface area contributed by atoms with Crippen molar-refractivity contribution in [2.45, 2.75) is 50.1 Å². The number of thiophene rings is 1. The van der Waals surface area contributed by atoms with Gasteiger partial charge in [0.05, 0.1) is 4.90 Å². The smallest absolute Gasteiger partial charge is 0.241 e. The van der Waals surface area contributed by atoms with Crippen molar-refractivity contribution in [1.82, 2.24) is 10.0 Å². The Morgan fingerprint density at radius 3 is 2.89 bits per heavy atom. The van der Waals surface area contributed by atoms with E-state index in [2.05, 4.69) is 17.0 Å². The van der Waals surface area contributed by atoms with Crippen LogP contribution in [0.25, 0.3) is 0 Å². The number of hydrogen-bond donors (Lipinski definition) is 2. The second kappa shape index (κ2) is 6.35. The lowest BCUT2D eigenvalue weighted by atomic mass is 9.88. The van der Waals surface area contributed by atoms with E-state index in [4.69, 9.17) is 0 Å². The first-order chi connectivity index (χ1) is 9.01. The highest BCUT2D eigenvalue weighted by Gasteiger charge is 2.25. The molecule has 4 nitrogen and oxygen atoms in total. The molecule has 2 rings (SSSR count). The molecular formula is C13H22N2O2S2. The van der Waals surface area contributed by atoms with Crippen molar-refractivity contribution in [2.24, 2.45) is 5.92 Å². The first-order valence-corrected chi connectivity index (χ1v) is 9.12. The molecule has 0 spiro atoms. The Labute approximate surface area is 119 Å². The largest absolute Gasteiger partial charge is 0.315 e. The molecule has 1 aliphatic carbocycles. The highest BCUT2D eigenvalue weighted by molar-refractivity contribution is 7.89. The molecule has 1 heterocycles. The van der Waals surface area contributed by atoms with E-state index in [1.54, 1.807) is 11.4 Å². The molecule has 0 amide bonds. The van der Waals surface area contributed by atoms with Crippen LogP contribution in [0, 0.1) is 5.92 Å². The molecule has 1 aliphatic rings. The number of hydrogen-bond acceptors (Lipinski definition) is 4. The van der Waals surface area contributed by atoms with Gasteiger partial charge in [0.15, 0.2) is 0 Å². The Bertz CT molecular complexity index is 510. The Kier molecular flexibility index (Phi) is 5.00. The fourth-order valence-electron chi connectivity index (χ4n) is 2.60. The van der Waals surface area contributed by atoms with Crippen molar-refractivity contribution < 1.29 is 8.42 Å². The minimum absolute atomic E-state index is 0.0985. The highest BCUT2D eigenvalue weighted by Crippen LogP contribution is 2.26. The van der Waals surface area contributed by atoms with Gasteiger partial charge in [-0.15, -0.1) is 11.3 Å². The van der Waals surface area contributed by atoms with Crippen LogP contribution in [0.4, 0.5) is 0 Å². The molecule has 0 bridgehead atoms. The lowest BCUT2D eigenvalue weighted by Crippen LogP contribution is -2.37. The second-order valence-corrected chi connectivity index (χ2v) is 8.08. The zero-order valence-corrected chi connectivity index (χ0v) is 13.1. The van der Waals surface area contributed by atoms with Gasteiger partial charge in [-0.1, -0.05) is 19.8 Å². The quantitative estimate of drug-likeness (QED) is 0.877. The summed E-state index contributed by atoms with van der Waals surface area (Å²) in [6.45, 7) is 2.90. The van der Waals surface area contributed by atoms with Gasteiger partial charge in [-0.3, -0.25) is 0 Å². The molecular weight excluding hydrogens is 280 g/mol. The number of nitrogens with one attached hydrogen (secondary N) is 2. The summed E-state index contributed by atoms with van der Waals surface area (Å²) < 4.78 is 27.5. The fourth-order valence-corrected chi connectivity index (χ4v) is 5.17. The maximum absolute atomic E-state index is 12.3. The number of sulfonamides is 1. The Hall–Kier alpha value is -0.430. The van der Waals surface area contributed by atoms with Crippen molar-refractivity contribution in [3.63, 3.8) is 0 Å². The van der Waals surface area contributed by atoms with Gasteiger partial charge in [0, 0.05) is 22.8 Å². The van der Waals surface area contributed by atoms with Gasteiger partial charge in [-0.2, -0.15) is 0 Å². The summed E-state index contributed by atoms with van der Waals surface area (Å²) in [7, 11) is -1.49. The lowest BCUT2D eigenvalue weighted by Gasteiger charge is -2.27. The molecule has 0 saturated heterocycles. The minimum Gasteiger partial charge on any atom is -0.315 e. The molecule has 1 fully saturated rings. The molecule has 1 aromatic rings. The fraction of sp³-hybridized carbons (Fsp3) is 0.692. The van der Waals surface area contributed by atoms with Gasteiger partial charge < -0.3 is 5.32 Å². The highest BCUT2D eigenvalue weighted by atomic mass is 32.2. The molecule has 2 N–H and O–H groups in total. The monoisotopic (exact) mass is 302 g/mol. The van der Waals surface area contributed by atoms with Crippen LogP contribution in [0.5, 0.6) is 0 Å². The van der Waals surface area contributed by atoms with E-state index in [1.165, 1.54) is 17.8 Å². The predicted octanol–water partition coefficient (Wildman–Crippen LogP) is 2.32. The first-order valence-electron chi connectivity index (χ1n) is 6.75. The van der Waals surface area contributed by atoms with Gasteiger partial charge in [0.2, 0.25) is 10.0 Å². The van der Waals surface area contributed by atoms with Crippen LogP contribution in [-0.4, -0.2) is 21.5 Å². The van der Waals surface area contributed by atoms with Crippen LogP contribution >= 0.6 is 11.3 Å². The topological polar surface area (TPSA) is 58.2 Å². The first kappa shape index (κ1) is 15.0. The van der Waals surface area contributed by atoms with Crippen LogP contribution in [0.3, 0.4) is 0 Å². The predicted molar refractivity (Wildman–Crippen MR) is 78.8 cm³/mol. The second-order valence-electron chi connectivity index (χ2n) is 5.37. The molecule has 0 radical (unpaired) electrons. The van der Waals surface area contributed by atoms with Crippen molar-refractivity contribution in [3.05, 3.63) is 16.3 Å². The molecule has 0 aromatic carbocycles. The molecule has 6 heteroatoms. The maximum atomic E-state index is 12.3. The van der Waals surface area contributed by atoms with E-state index in [1.807, 2.05) is 7.05 Å². The van der Waals surface area contributed by atoms with Crippen molar-refractivity contribution in [2.75, 3.05) is 7.05 Å². The zero-order valence-electron chi connectivity index (χ0n) is 11.5.